The van der Waals surface area contributed by atoms with Crippen molar-refractivity contribution in [1.82, 2.24) is 19.9 Å². The van der Waals surface area contributed by atoms with Crippen LogP contribution in [0.25, 0.3) is 11.2 Å². The van der Waals surface area contributed by atoms with Gasteiger partial charge in [0.1, 0.15) is 11.3 Å². The van der Waals surface area contributed by atoms with Crippen LogP contribution in [0.3, 0.4) is 0 Å². The first-order chi connectivity index (χ1) is 7.25. The molecule has 6 heteroatoms. The topological polar surface area (TPSA) is 94.9 Å². The minimum Gasteiger partial charge on any atom is -0.368 e. The first kappa shape index (κ1) is 10.0. The molecule has 0 aromatic carbocycles. The molecule has 0 radical (unpaired) electrons. The smallest absolute Gasteiger partial charge is 0.180 e. The number of nitrogens with one attached hydrogen (secondary N) is 1. The SMILES string of the molecule is OC(O)CCCc1ncc2[nH]cnc2n1. The summed E-state index contributed by atoms with van der Waals surface area (Å²) < 4.78 is 0. The first-order valence-electron chi connectivity index (χ1n) is 4.77. The molecule has 80 valence electrons. The molecule has 0 unspecified atom stereocenters. The number of aromatic amines is 1. The fraction of sp³-hybridized carbons (Fsp3) is 0.444. The molecule has 2 heterocycles. The van der Waals surface area contributed by atoms with Crippen LogP contribution < -0.4 is 0 Å². The second-order valence-corrected chi connectivity index (χ2v) is 3.30. The number of fused-ring (bicyclic) bond motifs is 1. The Morgan fingerprint density at radius 2 is 2.20 bits per heavy atom. The van der Waals surface area contributed by atoms with Gasteiger partial charge >= 0.3 is 0 Å². The van der Waals surface area contributed by atoms with E-state index >= 15 is 0 Å². The van der Waals surface area contributed by atoms with Crippen molar-refractivity contribution < 1.29 is 10.2 Å². The predicted octanol–water partition coefficient (Wildman–Crippen LogP) is -0.0137. The second-order valence-electron chi connectivity index (χ2n) is 3.30. The van der Waals surface area contributed by atoms with Gasteiger partial charge in [0, 0.05) is 6.42 Å². The van der Waals surface area contributed by atoms with E-state index in [9.17, 15) is 0 Å². The number of aliphatic hydroxyl groups is 2. The summed E-state index contributed by atoms with van der Waals surface area (Å²) in [6.45, 7) is 0. The zero-order chi connectivity index (χ0) is 10.7. The van der Waals surface area contributed by atoms with Crippen molar-refractivity contribution in [2.75, 3.05) is 0 Å². The zero-order valence-corrected chi connectivity index (χ0v) is 8.09. The van der Waals surface area contributed by atoms with Crippen LogP contribution in [0.15, 0.2) is 12.5 Å². The number of imidazole rings is 1. The summed E-state index contributed by atoms with van der Waals surface area (Å²) in [5, 5.41) is 17.3. The highest BCUT2D eigenvalue weighted by Crippen LogP contribution is 2.06. The van der Waals surface area contributed by atoms with Crippen LogP contribution in [0.1, 0.15) is 18.7 Å². The largest absolute Gasteiger partial charge is 0.368 e. The number of hydrogen-bond acceptors (Lipinski definition) is 5. The van der Waals surface area contributed by atoms with Crippen LogP contribution in [0.5, 0.6) is 0 Å². The molecule has 0 aliphatic heterocycles. The third kappa shape index (κ3) is 2.48. The molecule has 15 heavy (non-hydrogen) atoms. The normalized spacial score (nSPS) is 11.4. The Labute approximate surface area is 86.0 Å². The molecule has 0 atom stereocenters. The second kappa shape index (κ2) is 4.33. The number of aliphatic hydroxyl groups excluding tert-OH is 1. The Morgan fingerprint density at radius 3 is 3.00 bits per heavy atom. The summed E-state index contributed by atoms with van der Waals surface area (Å²) in [4.78, 5) is 15.3. The average Bonchev–Trinajstić information content (AvgIpc) is 2.64. The van der Waals surface area contributed by atoms with Gasteiger partial charge in [-0.1, -0.05) is 0 Å². The molecule has 2 aromatic heterocycles. The van der Waals surface area contributed by atoms with E-state index in [0.29, 0.717) is 30.7 Å². The molecular formula is C9H12N4O2. The maximum atomic E-state index is 8.67. The molecule has 3 N–H and O–H groups in total. The summed E-state index contributed by atoms with van der Waals surface area (Å²) in [7, 11) is 0. The predicted molar refractivity (Wildman–Crippen MR) is 52.8 cm³/mol. The molecule has 0 amide bonds. The highest BCUT2D eigenvalue weighted by atomic mass is 16.5. The van der Waals surface area contributed by atoms with Crippen LogP contribution in [0.4, 0.5) is 0 Å². The Bertz CT molecular complexity index is 440. The van der Waals surface area contributed by atoms with E-state index in [0.717, 1.165) is 5.52 Å². The van der Waals surface area contributed by atoms with Gasteiger partial charge in [0.2, 0.25) is 0 Å². The highest BCUT2D eigenvalue weighted by Gasteiger charge is 2.03. The number of rotatable bonds is 4. The molecule has 0 aliphatic rings. The lowest BCUT2D eigenvalue weighted by atomic mass is 10.2. The van der Waals surface area contributed by atoms with Crippen molar-refractivity contribution in [3.8, 4) is 0 Å². The summed E-state index contributed by atoms with van der Waals surface area (Å²) in [6.07, 6.45) is 3.61. The lowest BCUT2D eigenvalue weighted by Crippen LogP contribution is -2.05. The summed E-state index contributed by atoms with van der Waals surface area (Å²) in [5.74, 6) is 0.676. The van der Waals surface area contributed by atoms with Crippen LogP contribution in [-0.2, 0) is 6.42 Å². The molecule has 0 saturated carbocycles. The number of aromatic nitrogens is 4. The Balaban J connectivity index is 2.02. The van der Waals surface area contributed by atoms with Crippen molar-refractivity contribution in [1.29, 1.82) is 0 Å². The van der Waals surface area contributed by atoms with Gasteiger partial charge in [-0.25, -0.2) is 15.0 Å². The number of hydrogen-bond donors (Lipinski definition) is 3. The van der Waals surface area contributed by atoms with Crippen LogP contribution in [0, 0.1) is 0 Å². The molecule has 0 fully saturated rings. The molecule has 2 rings (SSSR count). The van der Waals surface area contributed by atoms with E-state index in [1.165, 1.54) is 0 Å². The van der Waals surface area contributed by atoms with Crippen molar-refractivity contribution >= 4 is 11.2 Å². The Hall–Kier alpha value is -1.53. The molecule has 2 aromatic rings. The van der Waals surface area contributed by atoms with Crippen LogP contribution in [0.2, 0.25) is 0 Å². The van der Waals surface area contributed by atoms with Gasteiger partial charge in [0.25, 0.3) is 0 Å². The fourth-order valence-electron chi connectivity index (χ4n) is 1.33. The minimum absolute atomic E-state index is 0.335. The number of nitrogens with zero attached hydrogens (tertiary/aromatic N) is 3. The zero-order valence-electron chi connectivity index (χ0n) is 8.09. The molecular weight excluding hydrogens is 196 g/mol. The van der Waals surface area contributed by atoms with E-state index in [4.69, 9.17) is 10.2 Å². The Kier molecular flexibility index (Phi) is 2.89. The quantitative estimate of drug-likeness (QED) is 0.614. The van der Waals surface area contributed by atoms with Gasteiger partial charge in [-0.15, -0.1) is 0 Å². The van der Waals surface area contributed by atoms with Gasteiger partial charge in [0.05, 0.1) is 12.5 Å². The molecule has 0 aliphatic carbocycles. The number of aryl methyl sites for hydroxylation is 1. The average molecular weight is 208 g/mol. The summed E-state index contributed by atoms with van der Waals surface area (Å²) in [5.41, 5.74) is 1.45. The van der Waals surface area contributed by atoms with Crippen molar-refractivity contribution in [3.05, 3.63) is 18.3 Å². The van der Waals surface area contributed by atoms with Crippen LogP contribution >= 0.6 is 0 Å². The minimum atomic E-state index is -1.25. The molecule has 0 saturated heterocycles. The van der Waals surface area contributed by atoms with Gasteiger partial charge < -0.3 is 15.2 Å². The van der Waals surface area contributed by atoms with E-state index in [2.05, 4.69) is 19.9 Å². The van der Waals surface area contributed by atoms with E-state index < -0.39 is 6.29 Å². The van der Waals surface area contributed by atoms with Gasteiger partial charge in [-0.3, -0.25) is 0 Å². The summed E-state index contributed by atoms with van der Waals surface area (Å²) in [6, 6.07) is 0. The lowest BCUT2D eigenvalue weighted by molar-refractivity contribution is -0.0462. The highest BCUT2D eigenvalue weighted by molar-refractivity contribution is 5.67. The third-order valence-corrected chi connectivity index (χ3v) is 2.09. The van der Waals surface area contributed by atoms with E-state index in [-0.39, 0.29) is 0 Å². The monoisotopic (exact) mass is 208 g/mol. The fourth-order valence-corrected chi connectivity index (χ4v) is 1.33. The van der Waals surface area contributed by atoms with Crippen molar-refractivity contribution in [2.24, 2.45) is 0 Å². The third-order valence-electron chi connectivity index (χ3n) is 2.09. The van der Waals surface area contributed by atoms with Gasteiger partial charge in [0.15, 0.2) is 11.9 Å². The van der Waals surface area contributed by atoms with E-state index in [1.54, 1.807) is 12.5 Å². The van der Waals surface area contributed by atoms with E-state index in [1.807, 2.05) is 0 Å². The first-order valence-corrected chi connectivity index (χ1v) is 4.77. The van der Waals surface area contributed by atoms with Gasteiger partial charge in [-0.2, -0.15) is 0 Å². The van der Waals surface area contributed by atoms with Crippen LogP contribution in [-0.4, -0.2) is 36.4 Å². The molecule has 6 nitrogen and oxygen atoms in total. The maximum Gasteiger partial charge on any atom is 0.180 e. The lowest BCUT2D eigenvalue weighted by Gasteiger charge is -2.01. The van der Waals surface area contributed by atoms with Crippen molar-refractivity contribution in [2.45, 2.75) is 25.6 Å². The maximum absolute atomic E-state index is 8.67. The van der Waals surface area contributed by atoms with Gasteiger partial charge in [-0.05, 0) is 12.8 Å². The number of H-pyrrole nitrogens is 1. The standard InChI is InChI=1S/C9H12N4O2/c14-8(15)3-1-2-7-10-4-6-9(13-7)12-5-11-6/h4-5,8,14-15H,1-3H2,(H,10,11,12,13). The van der Waals surface area contributed by atoms with Crippen molar-refractivity contribution in [3.63, 3.8) is 0 Å². The Morgan fingerprint density at radius 1 is 1.33 bits per heavy atom. The summed E-state index contributed by atoms with van der Waals surface area (Å²) >= 11 is 0. The molecule has 0 spiro atoms. The molecule has 0 bridgehead atoms.